The van der Waals surface area contributed by atoms with E-state index in [4.69, 9.17) is 9.97 Å². The standard InChI is InChI=1S/C42H43N5O8/c1-7-25-19(3)28-16-30-21(5)27(13-14-35(49)50)38(45-30)37(40(51)47-34(41(52)53)15-23-9-11-24(48)12-10-23)39-36(42(54)55)22(6)31(46-39)18-33-26(8-2)20(4)29(44-33)17-32(25)43-28/h7,9-12,16-18,21,27,34,43-44,48H,1,8,13-15H2,2-6H3,(H,47,51)(H,49,50)(H,52,53)(H,54,55)/t21-,27-,34?/m0/s1. The van der Waals surface area contributed by atoms with Crippen LogP contribution in [0.2, 0.25) is 0 Å². The molecule has 55 heavy (non-hydrogen) atoms. The Balaban J connectivity index is 1.75. The summed E-state index contributed by atoms with van der Waals surface area (Å²) in [5, 5.41) is 43.1. The van der Waals surface area contributed by atoms with E-state index in [1.807, 2.05) is 39.8 Å². The number of fused-ring (bicyclic) bond motifs is 8. The van der Waals surface area contributed by atoms with Crippen LogP contribution >= 0.6 is 0 Å². The van der Waals surface area contributed by atoms with Crippen molar-refractivity contribution in [2.75, 3.05) is 0 Å². The molecule has 6 rings (SSSR count). The minimum absolute atomic E-state index is 0.0150. The minimum Gasteiger partial charge on any atom is -0.508 e. The molecule has 0 spiro atoms. The highest BCUT2D eigenvalue weighted by Gasteiger charge is 2.38. The first-order valence-electron chi connectivity index (χ1n) is 18.0. The van der Waals surface area contributed by atoms with Gasteiger partial charge in [-0.25, -0.2) is 14.6 Å². The maximum atomic E-state index is 14.7. The van der Waals surface area contributed by atoms with E-state index in [9.17, 15) is 39.6 Å². The molecule has 1 aromatic carbocycles. The van der Waals surface area contributed by atoms with Crippen LogP contribution in [0.4, 0.5) is 0 Å². The summed E-state index contributed by atoms with van der Waals surface area (Å²) in [6, 6.07) is 9.97. The summed E-state index contributed by atoms with van der Waals surface area (Å²) >= 11 is 0. The van der Waals surface area contributed by atoms with Crippen LogP contribution in [-0.4, -0.2) is 70.2 Å². The second kappa shape index (κ2) is 15.1. The molecular weight excluding hydrogens is 702 g/mol. The third-order valence-corrected chi connectivity index (χ3v) is 10.7. The molecule has 284 valence electrons. The van der Waals surface area contributed by atoms with E-state index in [1.165, 1.54) is 24.3 Å². The molecule has 3 aromatic heterocycles. The van der Waals surface area contributed by atoms with Crippen molar-refractivity contribution in [3.8, 4) is 5.75 Å². The summed E-state index contributed by atoms with van der Waals surface area (Å²) in [6.07, 6.45) is 2.02. The van der Waals surface area contributed by atoms with Crippen molar-refractivity contribution in [1.29, 1.82) is 0 Å². The van der Waals surface area contributed by atoms with Gasteiger partial charge in [0.05, 0.1) is 28.2 Å². The van der Waals surface area contributed by atoms with E-state index in [-0.39, 0.29) is 58.8 Å². The summed E-state index contributed by atoms with van der Waals surface area (Å²) in [5.41, 5.74) is 7.72. The van der Waals surface area contributed by atoms with Crippen LogP contribution in [0.25, 0.3) is 39.3 Å². The zero-order valence-corrected chi connectivity index (χ0v) is 31.2. The molecule has 7 N–H and O–H groups in total. The van der Waals surface area contributed by atoms with Crippen LogP contribution in [0.1, 0.15) is 106 Å². The lowest BCUT2D eigenvalue weighted by atomic mass is 9.84. The van der Waals surface area contributed by atoms with E-state index in [0.717, 1.165) is 33.3 Å². The van der Waals surface area contributed by atoms with Gasteiger partial charge in [-0.2, -0.15) is 0 Å². The number of allylic oxidation sites excluding steroid dienone is 1. The molecule has 4 aromatic rings. The second-order valence-corrected chi connectivity index (χ2v) is 14.0. The summed E-state index contributed by atoms with van der Waals surface area (Å²) in [6.45, 7) is 13.5. The number of carbonyl (C=O) groups is 4. The normalized spacial score (nSPS) is 15.8. The Morgan fingerprint density at radius 3 is 2.22 bits per heavy atom. The molecule has 2 aliphatic rings. The number of phenols is 1. The lowest BCUT2D eigenvalue weighted by Crippen LogP contribution is -2.43. The van der Waals surface area contributed by atoms with Crippen LogP contribution in [0, 0.1) is 13.8 Å². The average Bonchev–Trinajstić information content (AvgIpc) is 3.80. The number of nitrogens with zero attached hydrogens (tertiary/aromatic N) is 2. The number of amides is 1. The molecule has 3 atom stereocenters. The Labute approximate surface area is 316 Å². The number of phenolic OH excluding ortho intramolecular Hbond substituents is 1. The Hall–Kier alpha value is -6.50. The highest BCUT2D eigenvalue weighted by Crippen LogP contribution is 2.43. The zero-order valence-electron chi connectivity index (χ0n) is 31.2. The minimum atomic E-state index is -1.48. The van der Waals surface area contributed by atoms with Gasteiger partial charge < -0.3 is 35.7 Å². The van der Waals surface area contributed by atoms with Gasteiger partial charge in [-0.15, -0.1) is 0 Å². The first kappa shape index (κ1) is 38.2. The van der Waals surface area contributed by atoms with Gasteiger partial charge in [0.25, 0.3) is 5.91 Å². The van der Waals surface area contributed by atoms with Crippen LogP contribution in [0.5, 0.6) is 5.75 Å². The number of carbonyl (C=O) groups excluding carboxylic acids is 1. The number of benzene rings is 1. The first-order chi connectivity index (χ1) is 26.1. The van der Waals surface area contributed by atoms with Crippen molar-refractivity contribution in [3.05, 3.63) is 105 Å². The smallest absolute Gasteiger partial charge is 0.338 e. The maximum Gasteiger partial charge on any atom is 0.338 e. The van der Waals surface area contributed by atoms with Gasteiger partial charge in [0, 0.05) is 58.0 Å². The molecule has 1 amide bonds. The van der Waals surface area contributed by atoms with Gasteiger partial charge in [-0.05, 0) is 91.8 Å². The van der Waals surface area contributed by atoms with E-state index in [0.29, 0.717) is 28.7 Å². The van der Waals surface area contributed by atoms with Crippen LogP contribution in [0.3, 0.4) is 0 Å². The van der Waals surface area contributed by atoms with Gasteiger partial charge in [-0.1, -0.05) is 38.6 Å². The largest absolute Gasteiger partial charge is 0.508 e. The zero-order chi connectivity index (χ0) is 39.9. The number of carboxylic acid groups (broad SMARTS) is 3. The first-order valence-corrected chi connectivity index (χ1v) is 18.0. The summed E-state index contributed by atoms with van der Waals surface area (Å²) in [4.78, 5) is 69.1. The number of aliphatic carboxylic acids is 3. The van der Waals surface area contributed by atoms with Gasteiger partial charge in [0.1, 0.15) is 11.8 Å². The summed E-state index contributed by atoms with van der Waals surface area (Å²) in [5.74, 6) is -5.86. The van der Waals surface area contributed by atoms with Gasteiger partial charge in [0.15, 0.2) is 0 Å². The van der Waals surface area contributed by atoms with E-state index in [1.54, 1.807) is 19.1 Å². The SMILES string of the molecule is C=Cc1c(C)c2cc3nc(c(C(=O)NC(Cc4ccc(O)cc4)C(=O)O)c4nc(cc5[nH]c(cc1[nH]2)c(C)c5CC)C(C)=C4C(=O)O)[C@@H](CCC(=O)O)[C@@H]3C. The quantitative estimate of drug-likeness (QED) is 0.0831. The molecule has 0 saturated heterocycles. The van der Waals surface area contributed by atoms with Crippen LogP contribution in [-0.2, 0) is 27.2 Å². The number of hydrogen-bond donors (Lipinski definition) is 7. The van der Waals surface area contributed by atoms with Crippen molar-refractivity contribution in [2.24, 2.45) is 0 Å². The molecule has 1 unspecified atom stereocenters. The lowest BCUT2D eigenvalue weighted by Gasteiger charge is -2.20. The predicted molar refractivity (Wildman–Crippen MR) is 209 cm³/mol. The summed E-state index contributed by atoms with van der Waals surface area (Å²) < 4.78 is 0. The molecule has 0 fully saturated rings. The Morgan fingerprint density at radius 2 is 1.60 bits per heavy atom. The molecule has 8 bridgehead atoms. The number of aryl methyl sites for hydroxylation is 3. The molecule has 5 heterocycles. The number of aromatic hydroxyl groups is 1. The molecule has 0 saturated carbocycles. The lowest BCUT2D eigenvalue weighted by molar-refractivity contribution is -0.139. The Bertz CT molecular complexity index is 2470. The molecule has 0 aliphatic carbocycles. The second-order valence-electron chi connectivity index (χ2n) is 14.0. The number of aromatic amines is 2. The third-order valence-electron chi connectivity index (χ3n) is 10.7. The number of H-pyrrole nitrogens is 2. The fourth-order valence-corrected chi connectivity index (χ4v) is 7.64. The van der Waals surface area contributed by atoms with Gasteiger partial charge in [0.2, 0.25) is 0 Å². The number of hydrogen-bond acceptors (Lipinski definition) is 7. The predicted octanol–water partition coefficient (Wildman–Crippen LogP) is 7.04. The summed E-state index contributed by atoms with van der Waals surface area (Å²) in [7, 11) is 0. The highest BCUT2D eigenvalue weighted by molar-refractivity contribution is 6.26. The van der Waals surface area contributed by atoms with E-state index < -0.39 is 41.7 Å². The van der Waals surface area contributed by atoms with Crippen molar-refractivity contribution in [2.45, 2.75) is 78.2 Å². The molecule has 13 heteroatoms. The number of carboxylic acids is 3. The average molecular weight is 746 g/mol. The van der Waals surface area contributed by atoms with Gasteiger partial charge >= 0.3 is 17.9 Å². The fraction of sp³-hybridized carbons (Fsp3) is 0.286. The number of nitrogens with one attached hydrogen (secondary N) is 3. The molecular formula is C42H43N5O8. The Morgan fingerprint density at radius 1 is 0.927 bits per heavy atom. The van der Waals surface area contributed by atoms with Crippen LogP contribution < -0.4 is 5.32 Å². The van der Waals surface area contributed by atoms with Crippen molar-refractivity contribution >= 4 is 63.1 Å². The van der Waals surface area contributed by atoms with Crippen molar-refractivity contribution in [3.63, 3.8) is 0 Å². The monoisotopic (exact) mass is 745 g/mol. The molecule has 13 nitrogen and oxygen atoms in total. The topological polar surface area (TPSA) is 219 Å². The highest BCUT2D eigenvalue weighted by atomic mass is 16.4. The number of aromatic nitrogens is 4. The maximum absolute atomic E-state index is 14.7. The van der Waals surface area contributed by atoms with E-state index >= 15 is 0 Å². The van der Waals surface area contributed by atoms with Crippen molar-refractivity contribution in [1.82, 2.24) is 25.3 Å². The number of rotatable bonds is 11. The van der Waals surface area contributed by atoms with Crippen LogP contribution in [0.15, 0.2) is 49.0 Å². The van der Waals surface area contributed by atoms with Gasteiger partial charge in [-0.3, -0.25) is 14.6 Å². The third kappa shape index (κ3) is 7.25. The fourth-order valence-electron chi connectivity index (χ4n) is 7.64. The van der Waals surface area contributed by atoms with E-state index in [2.05, 4.69) is 21.9 Å². The van der Waals surface area contributed by atoms with Crippen molar-refractivity contribution < 1.29 is 39.6 Å². The molecule has 2 aliphatic heterocycles. The Kier molecular flexibility index (Phi) is 10.5. The molecule has 0 radical (unpaired) electrons.